The van der Waals surface area contributed by atoms with E-state index in [4.69, 9.17) is 42.1 Å². The van der Waals surface area contributed by atoms with Crippen LogP contribution >= 0.6 is 23.2 Å². The maximum atomic E-state index is 12.5. The predicted molar refractivity (Wildman–Crippen MR) is 241 cm³/mol. The number of aliphatic carboxylic acids is 1. The van der Waals surface area contributed by atoms with Crippen LogP contribution in [0.5, 0.6) is 23.0 Å². The summed E-state index contributed by atoms with van der Waals surface area (Å²) in [6, 6.07) is 25.9. The van der Waals surface area contributed by atoms with Crippen LogP contribution in [0.1, 0.15) is 80.7 Å². The number of hydrogen-bond acceptors (Lipinski definition) is 11. The largest absolute Gasteiger partial charge is 0.488 e. The number of carboxylic acids is 1. The Balaban J connectivity index is 1.20. The summed E-state index contributed by atoms with van der Waals surface area (Å²) in [4.78, 5) is 32.7. The Morgan fingerprint density at radius 1 is 0.672 bits per heavy atom. The van der Waals surface area contributed by atoms with Gasteiger partial charge in [0.15, 0.2) is 5.78 Å². The second-order valence-corrected chi connectivity index (χ2v) is 16.3. The summed E-state index contributed by atoms with van der Waals surface area (Å²) < 4.78 is 24.8. The molecule has 326 valence electrons. The minimum atomic E-state index is -1.37. The zero-order chi connectivity index (χ0) is 46.0. The first-order chi connectivity index (χ1) is 30.7. The molecule has 2 aromatic heterocycles. The number of carboxylic acid groups (broad SMARTS) is 1. The summed E-state index contributed by atoms with van der Waals surface area (Å²) in [5, 5.41) is 38.8. The molecule has 0 radical (unpaired) electrons. The Morgan fingerprint density at radius 2 is 1.16 bits per heavy atom. The van der Waals surface area contributed by atoms with Crippen LogP contribution in [0.4, 0.5) is 0 Å². The Labute approximate surface area is 381 Å². The van der Waals surface area contributed by atoms with Crippen LogP contribution in [0.15, 0.2) is 97.6 Å². The molecule has 0 aliphatic heterocycles. The number of aromatic nitrogens is 2. The van der Waals surface area contributed by atoms with Gasteiger partial charge >= 0.3 is 5.97 Å². The van der Waals surface area contributed by atoms with E-state index in [9.17, 15) is 30.3 Å². The molecule has 6 aromatic rings. The van der Waals surface area contributed by atoms with Gasteiger partial charge in [0.25, 0.3) is 0 Å². The van der Waals surface area contributed by atoms with E-state index in [-0.39, 0.29) is 55.8 Å². The van der Waals surface area contributed by atoms with Crippen molar-refractivity contribution in [2.24, 2.45) is 5.41 Å². The number of carbonyl (C=O) groups excluding carboxylic acids is 1. The van der Waals surface area contributed by atoms with E-state index < -0.39 is 18.0 Å². The normalized spacial score (nSPS) is 11.8. The van der Waals surface area contributed by atoms with E-state index >= 15 is 0 Å². The molecule has 0 spiro atoms. The minimum Gasteiger partial charge on any atom is -0.488 e. The number of halogens is 2. The number of nitriles is 2. The van der Waals surface area contributed by atoms with Crippen LogP contribution in [0, 0.1) is 41.9 Å². The molecule has 4 aromatic carbocycles. The van der Waals surface area contributed by atoms with Gasteiger partial charge < -0.3 is 29.2 Å². The molecule has 0 aliphatic carbocycles. The molecule has 1 atom stereocenters. The number of aryl methyl sites for hydroxylation is 1. The molecule has 14 heteroatoms. The zero-order valence-corrected chi connectivity index (χ0v) is 37.1. The molecular formula is C50H44Cl2N4O8. The molecule has 0 aliphatic rings. The number of benzene rings is 4. The SMILES string of the molecule is CC(=O)c1cc(Cl)c(OCc2cccc(-c3cccc(COc4cc(OCc5cncc(C#N)c5)c(CCC(C)(CO)C(=O)O)cc4Cl)c3C)c2C)cc1OCc1cncc(C#N)c1. The lowest BCUT2D eigenvalue weighted by Crippen LogP contribution is -2.32. The summed E-state index contributed by atoms with van der Waals surface area (Å²) in [6.07, 6.45) is 6.46. The number of aliphatic hydroxyl groups excluding tert-OH is 1. The Hall–Kier alpha value is -6.96. The van der Waals surface area contributed by atoms with Crippen LogP contribution in [0.25, 0.3) is 11.1 Å². The molecule has 2 N–H and O–H groups in total. The third kappa shape index (κ3) is 11.2. The standard InChI is InChI=1S/C50H44Cl2N4O8/c1-30-38(27-63-47-17-45(61-25-35-13-33(19-53)21-55-23-35)37(15-43(47)51)11-12-50(4,29-57)49(59)60)7-5-9-40(30)41-10-6-8-39(31(41)2)28-64-48-18-46(42(32(3)58)16-44(48)52)62-26-36-14-34(20-54)22-56-24-36/h5-10,13-18,21-24,57H,11-12,25-29H2,1-4H3,(H,59,60). The van der Waals surface area contributed by atoms with Crippen molar-refractivity contribution in [3.63, 3.8) is 0 Å². The number of Topliss-reactive ketones (excluding diaryl/α,β-unsaturated/α-hetero) is 1. The molecule has 64 heavy (non-hydrogen) atoms. The number of aliphatic hydroxyl groups is 1. The highest BCUT2D eigenvalue weighted by molar-refractivity contribution is 6.32. The van der Waals surface area contributed by atoms with Gasteiger partial charge in [-0.1, -0.05) is 59.6 Å². The summed E-state index contributed by atoms with van der Waals surface area (Å²) in [5.74, 6) is 0.0310. The molecule has 2 heterocycles. The van der Waals surface area contributed by atoms with Gasteiger partial charge in [-0.15, -0.1) is 0 Å². The van der Waals surface area contributed by atoms with Crippen molar-refractivity contribution in [2.75, 3.05) is 6.61 Å². The molecule has 12 nitrogen and oxygen atoms in total. The zero-order valence-electron chi connectivity index (χ0n) is 35.6. The molecule has 1 unspecified atom stereocenters. The summed E-state index contributed by atoms with van der Waals surface area (Å²) in [7, 11) is 0. The first-order valence-corrected chi connectivity index (χ1v) is 20.9. The summed E-state index contributed by atoms with van der Waals surface area (Å²) in [5.41, 5.74) is 7.39. The van der Waals surface area contributed by atoms with Gasteiger partial charge in [0.1, 0.15) is 61.6 Å². The summed E-state index contributed by atoms with van der Waals surface area (Å²) in [6.45, 7) is 6.88. The quantitative estimate of drug-likeness (QED) is 0.0734. The van der Waals surface area contributed by atoms with Crippen LogP contribution in [0.3, 0.4) is 0 Å². The van der Waals surface area contributed by atoms with E-state index in [0.29, 0.717) is 55.7 Å². The lowest BCUT2D eigenvalue weighted by atomic mass is 9.85. The van der Waals surface area contributed by atoms with Crippen LogP contribution in [-0.2, 0) is 37.6 Å². The molecule has 0 fully saturated rings. The maximum absolute atomic E-state index is 12.5. The molecular weight excluding hydrogens is 855 g/mol. The van der Waals surface area contributed by atoms with Crippen molar-refractivity contribution in [1.82, 2.24) is 9.97 Å². The van der Waals surface area contributed by atoms with Crippen molar-refractivity contribution < 1.29 is 38.7 Å². The van der Waals surface area contributed by atoms with Crippen molar-refractivity contribution >= 4 is 35.0 Å². The Kier molecular flexibility index (Phi) is 15.2. The fourth-order valence-electron chi connectivity index (χ4n) is 6.87. The van der Waals surface area contributed by atoms with E-state index in [0.717, 1.165) is 33.4 Å². The highest BCUT2D eigenvalue weighted by Crippen LogP contribution is 2.38. The summed E-state index contributed by atoms with van der Waals surface area (Å²) >= 11 is 13.4. The number of nitrogens with zero attached hydrogens (tertiary/aromatic N) is 4. The van der Waals surface area contributed by atoms with Gasteiger partial charge in [-0.2, -0.15) is 10.5 Å². The number of carbonyl (C=O) groups is 2. The lowest BCUT2D eigenvalue weighted by Gasteiger charge is -2.23. The highest BCUT2D eigenvalue weighted by Gasteiger charge is 2.32. The number of rotatable bonds is 19. The van der Waals surface area contributed by atoms with Crippen LogP contribution in [-0.4, -0.2) is 38.5 Å². The second-order valence-electron chi connectivity index (χ2n) is 15.5. The topological polar surface area (TPSA) is 185 Å². The number of ether oxygens (including phenoxy) is 4. The fourth-order valence-corrected chi connectivity index (χ4v) is 7.33. The van der Waals surface area contributed by atoms with Gasteiger partial charge in [-0.25, -0.2) is 0 Å². The Bertz CT molecular complexity index is 2800. The van der Waals surface area contributed by atoms with Crippen LogP contribution in [0.2, 0.25) is 10.0 Å². The molecule has 0 saturated heterocycles. The first-order valence-electron chi connectivity index (χ1n) is 20.1. The average Bonchev–Trinajstić information content (AvgIpc) is 3.29. The minimum absolute atomic E-state index is 0.0730. The number of pyridine rings is 2. The van der Waals surface area contributed by atoms with Gasteiger partial charge in [0.05, 0.1) is 38.8 Å². The van der Waals surface area contributed by atoms with Gasteiger partial charge in [-0.05, 0) is 104 Å². The van der Waals surface area contributed by atoms with E-state index in [1.165, 1.54) is 32.3 Å². The van der Waals surface area contributed by atoms with E-state index in [1.54, 1.807) is 42.7 Å². The van der Waals surface area contributed by atoms with Crippen LogP contribution < -0.4 is 18.9 Å². The van der Waals surface area contributed by atoms with Gasteiger partial charge in [0, 0.05) is 48.0 Å². The third-order valence-corrected chi connectivity index (χ3v) is 11.5. The van der Waals surface area contributed by atoms with Crippen molar-refractivity contribution in [2.45, 2.75) is 67.0 Å². The third-order valence-electron chi connectivity index (χ3n) is 10.9. The molecule has 0 bridgehead atoms. The van der Waals surface area contributed by atoms with E-state index in [2.05, 4.69) is 22.1 Å². The van der Waals surface area contributed by atoms with Gasteiger partial charge in [-0.3, -0.25) is 19.6 Å². The predicted octanol–water partition coefficient (Wildman–Crippen LogP) is 10.3. The lowest BCUT2D eigenvalue weighted by molar-refractivity contribution is -0.150. The molecule has 0 amide bonds. The average molecular weight is 900 g/mol. The highest BCUT2D eigenvalue weighted by atomic mass is 35.5. The number of hydrogen-bond donors (Lipinski definition) is 2. The van der Waals surface area contributed by atoms with Crippen molar-refractivity contribution in [1.29, 1.82) is 10.5 Å². The van der Waals surface area contributed by atoms with Crippen molar-refractivity contribution in [3.8, 4) is 46.3 Å². The van der Waals surface area contributed by atoms with Gasteiger partial charge in [0.2, 0.25) is 0 Å². The first kappa shape index (κ1) is 46.5. The number of ketones is 1. The monoisotopic (exact) mass is 898 g/mol. The maximum Gasteiger partial charge on any atom is 0.311 e. The smallest absolute Gasteiger partial charge is 0.311 e. The second kappa shape index (κ2) is 20.9. The van der Waals surface area contributed by atoms with E-state index in [1.807, 2.05) is 50.2 Å². The molecule has 6 rings (SSSR count). The molecule has 0 saturated carbocycles. The Morgan fingerprint density at radius 3 is 1.64 bits per heavy atom. The fraction of sp³-hybridized carbons (Fsp3) is 0.240. The van der Waals surface area contributed by atoms with Crippen molar-refractivity contribution in [3.05, 3.63) is 163 Å².